The predicted molar refractivity (Wildman–Crippen MR) is 21.5 cm³/mol. The van der Waals surface area contributed by atoms with Crippen molar-refractivity contribution in [2.75, 3.05) is 0 Å². The van der Waals surface area contributed by atoms with Crippen molar-refractivity contribution in [3.8, 4) is 0 Å². The van der Waals surface area contributed by atoms with Crippen LogP contribution in [0.5, 0.6) is 0 Å². The zero-order valence-electron chi connectivity index (χ0n) is 3.75. The average Bonchev–Trinajstić information content (AvgIpc) is 1.64. The third-order valence-corrected chi connectivity index (χ3v) is 0.683. The molecule has 0 saturated heterocycles. The normalized spacial score (nSPS) is 13.4. The van der Waals surface area contributed by atoms with Crippen LogP contribution in [-0.2, 0) is 0 Å². The Morgan fingerprint density at radius 1 is 1.22 bits per heavy atom. The molecule has 0 spiro atoms. The highest BCUT2D eigenvalue weighted by molar-refractivity contribution is 6.22. The van der Waals surface area contributed by atoms with Gasteiger partial charge in [-0.3, -0.25) is 0 Å². The van der Waals surface area contributed by atoms with Crippen molar-refractivity contribution in [2.45, 2.75) is 11.4 Å². The first-order valence-electron chi connectivity index (χ1n) is 1.60. The van der Waals surface area contributed by atoms with Crippen LogP contribution in [0.3, 0.4) is 0 Å². The maximum atomic E-state index is 11.3. The van der Waals surface area contributed by atoms with E-state index in [1.165, 1.54) is 0 Å². The van der Waals surface area contributed by atoms with Gasteiger partial charge in [0.15, 0.2) is 0 Å². The molecule has 0 aromatic carbocycles. The van der Waals surface area contributed by atoms with Gasteiger partial charge in [0, 0.05) is 5.18 Å². The molecule has 54 valence electrons. The van der Waals surface area contributed by atoms with E-state index in [2.05, 4.69) is 11.6 Å². The van der Waals surface area contributed by atoms with Crippen molar-refractivity contribution in [3.05, 3.63) is 4.91 Å². The number of rotatable bonds is 2. The van der Waals surface area contributed by atoms with Crippen molar-refractivity contribution in [3.63, 3.8) is 0 Å². The molecular formula is C2ClF4NO. The molecule has 0 aromatic heterocycles. The third kappa shape index (κ3) is 1.78. The average molecular weight is 165 g/mol. The van der Waals surface area contributed by atoms with E-state index < -0.39 is 11.4 Å². The minimum Gasteiger partial charge on any atom is -0.178 e. The largest absolute Gasteiger partial charge is 0.454 e. The lowest BCUT2D eigenvalue weighted by atomic mass is 10.6. The molecule has 0 aliphatic heterocycles. The Labute approximate surface area is 51.8 Å². The summed E-state index contributed by atoms with van der Waals surface area (Å²) in [6.45, 7) is 0. The summed E-state index contributed by atoms with van der Waals surface area (Å²) in [5, 5.41) is -4.07. The highest BCUT2D eigenvalue weighted by Gasteiger charge is 2.57. The highest BCUT2D eigenvalue weighted by atomic mass is 35.5. The van der Waals surface area contributed by atoms with Gasteiger partial charge in [-0.25, -0.2) is 0 Å². The second-order valence-electron chi connectivity index (χ2n) is 1.13. The zero-order chi connectivity index (χ0) is 7.71. The number of alkyl halides is 5. The van der Waals surface area contributed by atoms with Gasteiger partial charge in [0.2, 0.25) is 0 Å². The first-order valence-corrected chi connectivity index (χ1v) is 1.98. The molecule has 0 fully saturated rings. The van der Waals surface area contributed by atoms with Crippen molar-refractivity contribution < 1.29 is 17.6 Å². The van der Waals surface area contributed by atoms with E-state index in [1.807, 2.05) is 0 Å². The van der Waals surface area contributed by atoms with Crippen LogP contribution < -0.4 is 0 Å². The molecule has 0 bridgehead atoms. The molecular weight excluding hydrogens is 165 g/mol. The Bertz CT molecular complexity index is 120. The van der Waals surface area contributed by atoms with Gasteiger partial charge < -0.3 is 0 Å². The summed E-state index contributed by atoms with van der Waals surface area (Å²) in [5.74, 6) is 0. The quantitative estimate of drug-likeness (QED) is 0.267. The minimum absolute atomic E-state index is 0.826. The van der Waals surface area contributed by atoms with Crippen LogP contribution >= 0.6 is 11.6 Å². The third-order valence-electron chi connectivity index (χ3n) is 0.456. The van der Waals surface area contributed by atoms with Crippen LogP contribution in [0.4, 0.5) is 17.6 Å². The minimum atomic E-state index is -5.02. The first kappa shape index (κ1) is 8.61. The molecule has 0 aliphatic rings. The maximum absolute atomic E-state index is 11.3. The molecule has 9 heavy (non-hydrogen) atoms. The van der Waals surface area contributed by atoms with E-state index >= 15 is 0 Å². The number of nitroso groups, excluding NO2 is 1. The SMILES string of the molecule is O=NC(F)(F)C(F)(F)Cl. The number of hydrogen-bond acceptors (Lipinski definition) is 2. The van der Waals surface area contributed by atoms with E-state index in [9.17, 15) is 17.6 Å². The summed E-state index contributed by atoms with van der Waals surface area (Å²) in [4.78, 5) is 8.91. The molecule has 2 nitrogen and oxygen atoms in total. The standard InChI is InChI=1S/C2ClF4NO/c3-1(4,5)2(6,7)8-9. The molecule has 0 aliphatic carbocycles. The van der Waals surface area contributed by atoms with Crippen LogP contribution in [-0.4, -0.2) is 11.4 Å². The summed E-state index contributed by atoms with van der Waals surface area (Å²) in [6.07, 6.45) is 0. The molecule has 0 unspecified atom stereocenters. The number of nitrogens with zero attached hydrogens (tertiary/aromatic N) is 1. The lowest BCUT2D eigenvalue weighted by Gasteiger charge is -2.11. The fourth-order valence-corrected chi connectivity index (χ4v) is 0.0863. The van der Waals surface area contributed by atoms with E-state index in [-0.39, 0.29) is 0 Å². The van der Waals surface area contributed by atoms with Gasteiger partial charge in [-0.2, -0.15) is 17.6 Å². The first-order chi connectivity index (χ1) is 3.81. The van der Waals surface area contributed by atoms with E-state index in [0.29, 0.717) is 0 Å². The smallest absolute Gasteiger partial charge is 0.178 e. The van der Waals surface area contributed by atoms with Crippen molar-refractivity contribution in [1.29, 1.82) is 0 Å². The molecule has 0 heterocycles. The Morgan fingerprint density at radius 3 is 1.56 bits per heavy atom. The van der Waals surface area contributed by atoms with Crippen LogP contribution in [0.15, 0.2) is 5.18 Å². The summed E-state index contributed by atoms with van der Waals surface area (Å²) >= 11 is 3.75. The lowest BCUT2D eigenvalue weighted by molar-refractivity contribution is -0.151. The van der Waals surface area contributed by atoms with Crippen LogP contribution in [0.1, 0.15) is 0 Å². The molecule has 7 heteroatoms. The monoisotopic (exact) mass is 165 g/mol. The molecule has 0 atom stereocenters. The molecule has 0 rings (SSSR count). The second-order valence-corrected chi connectivity index (χ2v) is 1.60. The van der Waals surface area contributed by atoms with Crippen LogP contribution in [0, 0.1) is 4.91 Å². The molecule has 0 radical (unpaired) electrons. The van der Waals surface area contributed by atoms with E-state index in [1.54, 1.807) is 0 Å². The van der Waals surface area contributed by atoms with Crippen molar-refractivity contribution in [2.24, 2.45) is 5.18 Å². The summed E-state index contributed by atoms with van der Waals surface area (Å²) in [6, 6.07) is -5.02. The number of halogens is 5. The van der Waals surface area contributed by atoms with Gasteiger partial charge >= 0.3 is 11.4 Å². The maximum Gasteiger partial charge on any atom is 0.454 e. The number of hydrogen-bond donors (Lipinski definition) is 0. The Hall–Kier alpha value is -0.390. The van der Waals surface area contributed by atoms with Crippen molar-refractivity contribution in [1.82, 2.24) is 0 Å². The van der Waals surface area contributed by atoms with Crippen LogP contribution in [0.25, 0.3) is 0 Å². The molecule has 0 aromatic rings. The Balaban J connectivity index is 4.32. The van der Waals surface area contributed by atoms with Gasteiger partial charge in [0.1, 0.15) is 0 Å². The highest BCUT2D eigenvalue weighted by Crippen LogP contribution is 2.38. The van der Waals surface area contributed by atoms with Gasteiger partial charge in [0.25, 0.3) is 0 Å². The van der Waals surface area contributed by atoms with Gasteiger partial charge in [-0.15, -0.1) is 4.91 Å². The fourth-order valence-electron chi connectivity index (χ4n) is 0.0518. The van der Waals surface area contributed by atoms with Gasteiger partial charge in [-0.1, -0.05) is 0 Å². The van der Waals surface area contributed by atoms with Gasteiger partial charge in [-0.05, 0) is 11.6 Å². The molecule has 0 N–H and O–H groups in total. The molecule has 0 saturated carbocycles. The van der Waals surface area contributed by atoms with Gasteiger partial charge in [0.05, 0.1) is 0 Å². The van der Waals surface area contributed by atoms with Crippen molar-refractivity contribution >= 4 is 11.6 Å². The molecule has 0 amide bonds. The fraction of sp³-hybridized carbons (Fsp3) is 1.00. The lowest BCUT2D eigenvalue weighted by Crippen LogP contribution is -2.32. The van der Waals surface area contributed by atoms with E-state index in [0.717, 1.165) is 5.18 Å². The summed E-state index contributed by atoms with van der Waals surface area (Å²) < 4.78 is 45.0. The topological polar surface area (TPSA) is 29.4 Å². The summed E-state index contributed by atoms with van der Waals surface area (Å²) in [7, 11) is 0. The van der Waals surface area contributed by atoms with Crippen LogP contribution in [0.2, 0.25) is 0 Å². The predicted octanol–water partition coefficient (Wildman–Crippen LogP) is 2.18. The second kappa shape index (κ2) is 2.09. The van der Waals surface area contributed by atoms with E-state index in [4.69, 9.17) is 4.91 Å². The summed E-state index contributed by atoms with van der Waals surface area (Å²) in [5.41, 5.74) is 0. The Kier molecular flexibility index (Phi) is 2.00. The zero-order valence-corrected chi connectivity index (χ0v) is 4.50. The Morgan fingerprint density at radius 2 is 1.56 bits per heavy atom.